The highest BCUT2D eigenvalue weighted by atomic mass is 35.5. The third-order valence-electron chi connectivity index (χ3n) is 4.64. The highest BCUT2D eigenvalue weighted by molar-refractivity contribution is 6.34. The fourth-order valence-corrected chi connectivity index (χ4v) is 3.25. The Balaban J connectivity index is 1.52. The summed E-state index contributed by atoms with van der Waals surface area (Å²) in [5, 5.41) is 0.500. The number of hydrogen-bond donors (Lipinski definition) is 0. The van der Waals surface area contributed by atoms with Gasteiger partial charge < -0.3 is 4.90 Å². The molecule has 25 heavy (non-hydrogen) atoms. The van der Waals surface area contributed by atoms with Crippen LogP contribution in [0.2, 0.25) is 5.02 Å². The van der Waals surface area contributed by atoms with Crippen LogP contribution < -0.4 is 0 Å². The van der Waals surface area contributed by atoms with Crippen LogP contribution in [0.1, 0.15) is 21.5 Å². The molecule has 0 spiro atoms. The SMILES string of the molecule is Cc1ccccc1CN1CCN(C=CC(=O)c2ccccc2Cl)CC1. The van der Waals surface area contributed by atoms with E-state index in [4.69, 9.17) is 11.6 Å². The molecule has 1 heterocycles. The minimum atomic E-state index is -0.0482. The van der Waals surface area contributed by atoms with Gasteiger partial charge in [-0.05, 0) is 30.2 Å². The lowest BCUT2D eigenvalue weighted by Gasteiger charge is -2.34. The van der Waals surface area contributed by atoms with Gasteiger partial charge in [-0.1, -0.05) is 48.0 Å². The molecule has 0 bridgehead atoms. The Hall–Kier alpha value is -2.10. The molecule has 0 aromatic heterocycles. The van der Waals surface area contributed by atoms with Gasteiger partial charge in [-0.2, -0.15) is 0 Å². The number of ketones is 1. The van der Waals surface area contributed by atoms with Gasteiger partial charge in [-0.25, -0.2) is 0 Å². The lowest BCUT2D eigenvalue weighted by Crippen LogP contribution is -2.43. The quantitative estimate of drug-likeness (QED) is 0.595. The van der Waals surface area contributed by atoms with Crippen molar-refractivity contribution < 1.29 is 4.79 Å². The molecule has 0 radical (unpaired) electrons. The van der Waals surface area contributed by atoms with E-state index in [0.29, 0.717) is 10.6 Å². The molecule has 0 unspecified atom stereocenters. The summed E-state index contributed by atoms with van der Waals surface area (Å²) >= 11 is 6.07. The first-order valence-electron chi connectivity index (χ1n) is 8.61. The van der Waals surface area contributed by atoms with Gasteiger partial charge in [0.2, 0.25) is 0 Å². The molecule has 0 saturated carbocycles. The Morgan fingerprint density at radius 2 is 1.72 bits per heavy atom. The van der Waals surface area contributed by atoms with Crippen LogP contribution in [0.4, 0.5) is 0 Å². The largest absolute Gasteiger partial charge is 0.375 e. The monoisotopic (exact) mass is 354 g/mol. The zero-order valence-electron chi connectivity index (χ0n) is 14.5. The van der Waals surface area contributed by atoms with Crippen molar-refractivity contribution in [3.63, 3.8) is 0 Å². The number of aryl methyl sites for hydroxylation is 1. The lowest BCUT2D eigenvalue weighted by molar-refractivity contribution is 0.104. The molecule has 3 rings (SSSR count). The summed E-state index contributed by atoms with van der Waals surface area (Å²) in [7, 11) is 0. The van der Waals surface area contributed by atoms with Crippen molar-refractivity contribution in [1.29, 1.82) is 0 Å². The molecule has 130 valence electrons. The van der Waals surface area contributed by atoms with Crippen molar-refractivity contribution in [3.8, 4) is 0 Å². The molecule has 4 heteroatoms. The second-order valence-electron chi connectivity index (χ2n) is 6.40. The van der Waals surface area contributed by atoms with Crippen LogP contribution in [0.15, 0.2) is 60.8 Å². The molecular formula is C21H23ClN2O. The fraction of sp³-hybridized carbons (Fsp3) is 0.286. The van der Waals surface area contributed by atoms with Crippen LogP contribution >= 0.6 is 11.6 Å². The second-order valence-corrected chi connectivity index (χ2v) is 6.81. The van der Waals surface area contributed by atoms with Crippen molar-refractivity contribution in [2.24, 2.45) is 0 Å². The van der Waals surface area contributed by atoms with Crippen LogP contribution in [0.25, 0.3) is 0 Å². The van der Waals surface area contributed by atoms with E-state index in [-0.39, 0.29) is 5.78 Å². The highest BCUT2D eigenvalue weighted by Gasteiger charge is 2.15. The van der Waals surface area contributed by atoms with Gasteiger partial charge in [-0.15, -0.1) is 0 Å². The van der Waals surface area contributed by atoms with Gasteiger partial charge >= 0.3 is 0 Å². The molecule has 3 nitrogen and oxygen atoms in total. The number of hydrogen-bond acceptors (Lipinski definition) is 3. The zero-order valence-corrected chi connectivity index (χ0v) is 15.2. The normalized spacial score (nSPS) is 15.7. The molecule has 0 N–H and O–H groups in total. The van der Waals surface area contributed by atoms with E-state index in [1.165, 1.54) is 11.1 Å². The third kappa shape index (κ3) is 4.71. The Kier molecular flexibility index (Phi) is 5.90. The van der Waals surface area contributed by atoms with Crippen LogP contribution in [-0.4, -0.2) is 41.8 Å². The predicted molar refractivity (Wildman–Crippen MR) is 103 cm³/mol. The van der Waals surface area contributed by atoms with Gasteiger partial charge in [-0.3, -0.25) is 9.69 Å². The molecule has 0 atom stereocenters. The summed E-state index contributed by atoms with van der Waals surface area (Å²) in [6.07, 6.45) is 3.52. The van der Waals surface area contributed by atoms with Gasteiger partial charge in [0, 0.05) is 50.6 Å². The molecule has 2 aromatic carbocycles. The molecular weight excluding hydrogens is 332 g/mol. The van der Waals surface area contributed by atoms with Crippen LogP contribution in [0, 0.1) is 6.92 Å². The maximum atomic E-state index is 12.2. The summed E-state index contributed by atoms with van der Waals surface area (Å²) < 4.78 is 0. The van der Waals surface area contributed by atoms with Crippen molar-refractivity contribution in [1.82, 2.24) is 9.80 Å². The molecule has 1 aliphatic heterocycles. The standard InChI is InChI=1S/C21H23ClN2O/c1-17-6-2-3-7-18(17)16-24-14-12-23(13-15-24)11-10-21(25)19-8-4-5-9-20(19)22/h2-11H,12-16H2,1H3. The average molecular weight is 355 g/mol. The van der Waals surface area contributed by atoms with E-state index in [2.05, 4.69) is 41.0 Å². The average Bonchev–Trinajstić information content (AvgIpc) is 2.63. The van der Waals surface area contributed by atoms with Crippen LogP contribution in [-0.2, 0) is 6.54 Å². The maximum Gasteiger partial charge on any atom is 0.188 e. The van der Waals surface area contributed by atoms with E-state index in [9.17, 15) is 4.79 Å². The predicted octanol–water partition coefficient (Wildman–Crippen LogP) is 4.16. The van der Waals surface area contributed by atoms with Gasteiger partial charge in [0.15, 0.2) is 5.78 Å². The number of piperazine rings is 1. The number of allylic oxidation sites excluding steroid dienone is 1. The van der Waals surface area contributed by atoms with E-state index in [1.54, 1.807) is 18.2 Å². The molecule has 1 saturated heterocycles. The van der Waals surface area contributed by atoms with Crippen molar-refractivity contribution in [2.45, 2.75) is 13.5 Å². The Morgan fingerprint density at radius 3 is 2.44 bits per heavy atom. The number of benzene rings is 2. The fourth-order valence-electron chi connectivity index (χ4n) is 3.02. The Labute approximate surface area is 154 Å². The third-order valence-corrected chi connectivity index (χ3v) is 4.97. The van der Waals surface area contributed by atoms with Crippen molar-refractivity contribution >= 4 is 17.4 Å². The smallest absolute Gasteiger partial charge is 0.188 e. The van der Waals surface area contributed by atoms with Gasteiger partial charge in [0.05, 0.1) is 5.02 Å². The highest BCUT2D eigenvalue weighted by Crippen LogP contribution is 2.16. The van der Waals surface area contributed by atoms with E-state index < -0.39 is 0 Å². The minimum Gasteiger partial charge on any atom is -0.375 e. The first kappa shape index (κ1) is 17.7. The molecule has 1 aliphatic rings. The van der Waals surface area contributed by atoms with Crippen molar-refractivity contribution in [3.05, 3.63) is 82.5 Å². The summed E-state index contributed by atoms with van der Waals surface area (Å²) in [5.41, 5.74) is 3.29. The summed E-state index contributed by atoms with van der Waals surface area (Å²) in [6.45, 7) is 7.01. The van der Waals surface area contributed by atoms with E-state index >= 15 is 0 Å². The molecule has 0 aliphatic carbocycles. The number of rotatable bonds is 5. The maximum absolute atomic E-state index is 12.2. The number of carbonyl (C=O) groups excluding carboxylic acids is 1. The lowest BCUT2D eigenvalue weighted by atomic mass is 10.1. The Bertz CT molecular complexity index is 764. The Morgan fingerprint density at radius 1 is 1.04 bits per heavy atom. The van der Waals surface area contributed by atoms with Gasteiger partial charge in [0.1, 0.15) is 0 Å². The van der Waals surface area contributed by atoms with Crippen LogP contribution in [0.5, 0.6) is 0 Å². The van der Waals surface area contributed by atoms with Gasteiger partial charge in [0.25, 0.3) is 0 Å². The first-order chi connectivity index (χ1) is 12.1. The first-order valence-corrected chi connectivity index (χ1v) is 8.99. The summed E-state index contributed by atoms with van der Waals surface area (Å²) in [5.74, 6) is -0.0482. The number of halogens is 1. The van der Waals surface area contributed by atoms with Crippen LogP contribution in [0.3, 0.4) is 0 Å². The molecule has 0 amide bonds. The second kappa shape index (κ2) is 8.32. The summed E-state index contributed by atoms with van der Waals surface area (Å²) in [4.78, 5) is 16.9. The molecule has 2 aromatic rings. The topological polar surface area (TPSA) is 23.6 Å². The zero-order chi connectivity index (χ0) is 17.6. The van der Waals surface area contributed by atoms with Crippen molar-refractivity contribution in [2.75, 3.05) is 26.2 Å². The van der Waals surface area contributed by atoms with E-state index in [1.807, 2.05) is 18.3 Å². The van der Waals surface area contributed by atoms with E-state index in [0.717, 1.165) is 32.7 Å². The summed E-state index contributed by atoms with van der Waals surface area (Å²) in [6, 6.07) is 15.7. The number of nitrogens with zero attached hydrogens (tertiary/aromatic N) is 2. The molecule has 1 fully saturated rings. The number of carbonyl (C=O) groups is 1. The minimum absolute atomic E-state index is 0.0482.